The van der Waals surface area contributed by atoms with Gasteiger partial charge in [-0.25, -0.2) is 0 Å². The summed E-state index contributed by atoms with van der Waals surface area (Å²) in [5, 5.41) is 249. The van der Waals surface area contributed by atoms with Crippen LogP contribution in [0.1, 0.15) is 71.6 Å². The van der Waals surface area contributed by atoms with E-state index < -0.39 is 295 Å². The first-order chi connectivity index (χ1) is 47.3. The third-order valence-corrected chi connectivity index (χ3v) is 23.4. The second-order valence-electron chi connectivity index (χ2n) is 29.3. The Hall–Kier alpha value is -2.23. The molecule has 4 saturated carbocycles. The SMILES string of the molecule is C=C1CC23CCC4[C@](C)(C(=O)OC5OC(CO)C(O)C(OC6OC(CO)C(O)C(O)C6O)C5OC5OC(CO)C(O)C(O)C5O)CCC[C@@]4(C)[C@@H]2CCC1(OC1OC(CO)C(O)C(OC2OC(COC4OC(CO)C(O)C(O)C4O)C(O)C(O)C2O)C1OC1OC(CO)C(O)C(O)C1O)C3. The number of hydrogen-bond acceptors (Lipinski definition) is 38. The number of hydrogen-bond donors (Lipinski definition) is 23. The maximum Gasteiger partial charge on any atom is 0.314 e. The van der Waals surface area contributed by atoms with E-state index in [2.05, 4.69) is 13.5 Å². The van der Waals surface area contributed by atoms with Gasteiger partial charge in [-0.1, -0.05) is 19.9 Å². The van der Waals surface area contributed by atoms with Crippen LogP contribution in [0.4, 0.5) is 0 Å². The predicted molar refractivity (Wildman–Crippen MR) is 317 cm³/mol. The molecule has 100 heavy (non-hydrogen) atoms. The van der Waals surface area contributed by atoms with Gasteiger partial charge in [-0.15, -0.1) is 0 Å². The summed E-state index contributed by atoms with van der Waals surface area (Å²) < 4.78 is 84.6. The zero-order chi connectivity index (χ0) is 72.7. The minimum atomic E-state index is -2.17. The summed E-state index contributed by atoms with van der Waals surface area (Å²) in [6.07, 6.45) is -63.1. The van der Waals surface area contributed by atoms with E-state index in [1.54, 1.807) is 6.92 Å². The summed E-state index contributed by atoms with van der Waals surface area (Å²) in [5.74, 6) is -1.56. The molecule has 38 heteroatoms. The van der Waals surface area contributed by atoms with Gasteiger partial charge in [-0.05, 0) is 86.5 Å². The van der Waals surface area contributed by atoms with E-state index in [1.165, 1.54) is 0 Å². The van der Waals surface area contributed by atoms with E-state index in [-0.39, 0.29) is 25.2 Å². The maximum atomic E-state index is 15.5. The highest BCUT2D eigenvalue weighted by Crippen LogP contribution is 2.74. The number of aliphatic hydroxyl groups excluding tert-OH is 23. The van der Waals surface area contributed by atoms with Crippen molar-refractivity contribution in [2.75, 3.05) is 46.2 Å². The number of esters is 1. The molecular formula is C62H100O38. The first kappa shape index (κ1) is 78.8. The van der Waals surface area contributed by atoms with Gasteiger partial charge in [0.2, 0.25) is 6.29 Å². The van der Waals surface area contributed by atoms with Gasteiger partial charge in [-0.2, -0.15) is 0 Å². The van der Waals surface area contributed by atoms with Crippen LogP contribution in [0.2, 0.25) is 0 Å². The Morgan fingerprint density at radius 2 is 0.750 bits per heavy atom. The van der Waals surface area contributed by atoms with Crippen LogP contribution < -0.4 is 0 Å². The highest BCUT2D eigenvalue weighted by atomic mass is 16.8. The monoisotopic (exact) mass is 1450 g/mol. The van der Waals surface area contributed by atoms with Gasteiger partial charge < -0.3 is 184 Å². The summed E-state index contributed by atoms with van der Waals surface area (Å²) in [4.78, 5) is 15.5. The standard InChI is InChI=1S/C62H100O38/c1-20-11-61-9-5-28-59(2,7-4-8-60(28,3)58(86)99-56-49(97-53-44(83)39(78)32(71)23(14-65)90-53)47(35(74)25(16-67)92-56)95-52-43(82)38(77)31(70)22(13-64)89-52)29(61)6-10-62(20,19-61)100-57-50(98-54-45(84)40(79)33(72)24(15-66)91-54)48(36(75)26(17-68)93-57)96-55-46(85)41(80)34(73)27(94-55)18-87-51-42(81)37(76)30(69)21(12-63)88-51/h21-57,63-85H,1,4-19H2,2-3H3/t21?,22?,23?,24?,25?,26?,27?,28?,29-,30?,31?,32?,33?,34?,35?,36?,37?,38?,39?,40?,41?,42?,43?,44?,45?,46?,47?,48?,49?,50?,51?,52?,53?,54?,55?,56?,57?,59+,60+,61?,62?/m0/s1. The van der Waals surface area contributed by atoms with Gasteiger partial charge in [-0.3, -0.25) is 4.79 Å². The van der Waals surface area contributed by atoms with Crippen molar-refractivity contribution in [3.05, 3.63) is 12.2 Å². The molecule has 11 aliphatic rings. The zero-order valence-corrected chi connectivity index (χ0v) is 54.8. The fourth-order valence-corrected chi connectivity index (χ4v) is 17.8. The average Bonchev–Trinajstić information content (AvgIpc) is 1.44. The Balaban J connectivity index is 0.853. The third-order valence-electron chi connectivity index (χ3n) is 23.4. The Morgan fingerprint density at radius 3 is 1.19 bits per heavy atom. The molecule has 0 aromatic heterocycles. The number of ether oxygens (including phenoxy) is 14. The molecule has 11 fully saturated rings. The summed E-state index contributed by atoms with van der Waals surface area (Å²) in [6, 6.07) is 0. The Bertz CT molecular complexity index is 2720. The van der Waals surface area contributed by atoms with E-state index in [0.717, 1.165) is 0 Å². The topological polar surface area (TPSA) is 612 Å². The third kappa shape index (κ3) is 14.1. The van der Waals surface area contributed by atoms with Crippen molar-refractivity contribution in [3.63, 3.8) is 0 Å². The van der Waals surface area contributed by atoms with Crippen LogP contribution in [0.25, 0.3) is 0 Å². The number of carbonyl (C=O) groups excluding carboxylic acids is 1. The molecule has 0 radical (unpaired) electrons. The molecule has 0 aromatic carbocycles. The predicted octanol–water partition coefficient (Wildman–Crippen LogP) is -11.6. The van der Waals surface area contributed by atoms with Crippen LogP contribution in [0.3, 0.4) is 0 Å². The summed E-state index contributed by atoms with van der Waals surface area (Å²) in [6.45, 7) is 2.06. The number of aliphatic hydroxyl groups is 23. The molecule has 7 heterocycles. The number of fused-ring (bicyclic) bond motifs is 3. The van der Waals surface area contributed by atoms with Gasteiger partial charge in [0.1, 0.15) is 165 Å². The molecule has 38 unspecified atom stereocenters. The molecule has 41 atom stereocenters. The second-order valence-corrected chi connectivity index (χ2v) is 29.3. The lowest BCUT2D eigenvalue weighted by molar-refractivity contribution is -0.401. The minimum absolute atomic E-state index is 0.185. The fourth-order valence-electron chi connectivity index (χ4n) is 17.8. The first-order valence-electron chi connectivity index (χ1n) is 33.9. The van der Waals surface area contributed by atoms with Crippen molar-refractivity contribution in [1.82, 2.24) is 0 Å². The maximum absolute atomic E-state index is 15.5. The molecule has 4 aliphatic carbocycles. The van der Waals surface area contributed by atoms with Gasteiger partial charge >= 0.3 is 5.97 Å². The molecule has 23 N–H and O–H groups in total. The van der Waals surface area contributed by atoms with Crippen LogP contribution in [0, 0.1) is 28.1 Å². The van der Waals surface area contributed by atoms with Gasteiger partial charge in [0.15, 0.2) is 43.8 Å². The van der Waals surface area contributed by atoms with E-state index >= 15 is 4.79 Å². The normalized spacial score (nSPS) is 54.5. The molecule has 1 spiro atoms. The van der Waals surface area contributed by atoms with E-state index in [1.807, 2.05) is 0 Å². The van der Waals surface area contributed by atoms with Crippen molar-refractivity contribution in [1.29, 1.82) is 0 Å². The Labute approximate surface area is 571 Å². The summed E-state index contributed by atoms with van der Waals surface area (Å²) in [5.41, 5.74) is -3.52. The number of rotatable bonds is 21. The molecule has 11 rings (SSSR count). The molecule has 7 aliphatic heterocycles. The highest BCUT2D eigenvalue weighted by Gasteiger charge is 2.70. The lowest BCUT2D eigenvalue weighted by Crippen LogP contribution is -2.68. The van der Waals surface area contributed by atoms with Crippen LogP contribution in [0.15, 0.2) is 12.2 Å². The summed E-state index contributed by atoms with van der Waals surface area (Å²) in [7, 11) is 0. The molecule has 576 valence electrons. The van der Waals surface area contributed by atoms with Crippen molar-refractivity contribution >= 4 is 5.97 Å². The fraction of sp³-hybridized carbons (Fsp3) is 0.952. The lowest BCUT2D eigenvalue weighted by atomic mass is 9.41. The molecule has 2 bridgehead atoms. The van der Waals surface area contributed by atoms with Gasteiger partial charge in [0, 0.05) is 0 Å². The van der Waals surface area contributed by atoms with Crippen molar-refractivity contribution in [2.45, 2.75) is 292 Å². The van der Waals surface area contributed by atoms with Crippen molar-refractivity contribution in [3.8, 4) is 0 Å². The first-order valence-corrected chi connectivity index (χ1v) is 33.9. The average molecular weight is 1450 g/mol. The van der Waals surface area contributed by atoms with Gasteiger partial charge in [0.05, 0.1) is 57.3 Å². The lowest BCUT2D eigenvalue weighted by Gasteiger charge is -2.64. The van der Waals surface area contributed by atoms with E-state index in [4.69, 9.17) is 66.3 Å². The Kier molecular flexibility index (Phi) is 24.6. The zero-order valence-electron chi connectivity index (χ0n) is 54.8. The Morgan fingerprint density at radius 1 is 0.400 bits per heavy atom. The van der Waals surface area contributed by atoms with Crippen LogP contribution in [-0.4, -0.2) is 390 Å². The molecular weight excluding hydrogens is 1350 g/mol. The van der Waals surface area contributed by atoms with Crippen molar-refractivity contribution < 1.29 is 189 Å². The van der Waals surface area contributed by atoms with Crippen molar-refractivity contribution in [2.24, 2.45) is 28.1 Å². The summed E-state index contributed by atoms with van der Waals surface area (Å²) >= 11 is 0. The van der Waals surface area contributed by atoms with Crippen LogP contribution in [0.5, 0.6) is 0 Å². The molecule has 0 aromatic rings. The highest BCUT2D eigenvalue weighted by molar-refractivity contribution is 5.77. The minimum Gasteiger partial charge on any atom is -0.432 e. The molecule has 38 nitrogen and oxygen atoms in total. The van der Waals surface area contributed by atoms with Crippen LogP contribution >= 0.6 is 0 Å². The molecule has 7 saturated heterocycles. The largest absolute Gasteiger partial charge is 0.432 e. The quantitative estimate of drug-likeness (QED) is 0.0288. The van der Waals surface area contributed by atoms with Crippen LogP contribution in [-0.2, 0) is 71.1 Å². The number of carbonyl (C=O) groups is 1. The second kappa shape index (κ2) is 31.2. The van der Waals surface area contributed by atoms with E-state index in [9.17, 15) is 117 Å². The smallest absolute Gasteiger partial charge is 0.314 e. The van der Waals surface area contributed by atoms with Gasteiger partial charge in [0.25, 0.3) is 0 Å². The van der Waals surface area contributed by atoms with E-state index in [0.29, 0.717) is 44.1 Å². The molecule has 0 amide bonds.